The van der Waals surface area contributed by atoms with Gasteiger partial charge in [-0.3, -0.25) is 14.4 Å². The van der Waals surface area contributed by atoms with Gasteiger partial charge in [-0.1, -0.05) is 12.1 Å². The zero-order chi connectivity index (χ0) is 14.7. The second-order valence-electron chi connectivity index (χ2n) is 4.43. The number of hydrogen-bond acceptors (Lipinski definition) is 3. The SMILES string of the molecule is NC(=O)C(=O)N1CCN(C(=O)c2ccccc2Br)CC1. The first-order chi connectivity index (χ1) is 9.50. The molecule has 0 unspecified atom stereocenters. The third-order valence-corrected chi connectivity index (χ3v) is 3.86. The van der Waals surface area contributed by atoms with E-state index in [1.54, 1.807) is 23.1 Å². The van der Waals surface area contributed by atoms with Crippen molar-refractivity contribution < 1.29 is 14.4 Å². The molecule has 1 aromatic rings. The van der Waals surface area contributed by atoms with Crippen molar-refractivity contribution in [3.8, 4) is 0 Å². The van der Waals surface area contributed by atoms with Crippen molar-refractivity contribution in [3.63, 3.8) is 0 Å². The second kappa shape index (κ2) is 6.04. The summed E-state index contributed by atoms with van der Waals surface area (Å²) >= 11 is 3.34. The topological polar surface area (TPSA) is 83.7 Å². The lowest BCUT2D eigenvalue weighted by Gasteiger charge is -2.34. The number of rotatable bonds is 1. The number of nitrogens with zero attached hydrogens (tertiary/aromatic N) is 2. The quantitative estimate of drug-likeness (QED) is 0.743. The van der Waals surface area contributed by atoms with Crippen LogP contribution in [0.4, 0.5) is 0 Å². The van der Waals surface area contributed by atoms with E-state index in [-0.39, 0.29) is 5.91 Å². The monoisotopic (exact) mass is 339 g/mol. The molecular formula is C13H14BrN3O3. The minimum absolute atomic E-state index is 0.0938. The fourth-order valence-corrected chi connectivity index (χ4v) is 2.53. The van der Waals surface area contributed by atoms with Gasteiger partial charge in [0.1, 0.15) is 0 Å². The second-order valence-corrected chi connectivity index (χ2v) is 5.28. The zero-order valence-electron chi connectivity index (χ0n) is 10.7. The van der Waals surface area contributed by atoms with Crippen LogP contribution in [0.2, 0.25) is 0 Å². The summed E-state index contributed by atoms with van der Waals surface area (Å²) in [7, 11) is 0. The Morgan fingerprint density at radius 2 is 1.55 bits per heavy atom. The average Bonchev–Trinajstić information content (AvgIpc) is 2.46. The summed E-state index contributed by atoms with van der Waals surface area (Å²) in [6, 6.07) is 7.18. The molecule has 1 aromatic carbocycles. The molecule has 2 N–H and O–H groups in total. The Labute approximate surface area is 124 Å². The predicted octanol–water partition coefficient (Wildman–Crippen LogP) is 0.219. The van der Waals surface area contributed by atoms with Crippen LogP contribution in [0.25, 0.3) is 0 Å². The molecule has 1 heterocycles. The molecule has 3 amide bonds. The summed E-state index contributed by atoms with van der Waals surface area (Å²) in [5, 5.41) is 0. The maximum Gasteiger partial charge on any atom is 0.311 e. The highest BCUT2D eigenvalue weighted by Crippen LogP contribution is 2.18. The van der Waals surface area contributed by atoms with Crippen molar-refractivity contribution in [1.29, 1.82) is 0 Å². The molecule has 0 atom stereocenters. The molecule has 0 aromatic heterocycles. The lowest BCUT2D eigenvalue weighted by atomic mass is 10.2. The molecule has 1 saturated heterocycles. The number of halogens is 1. The van der Waals surface area contributed by atoms with Gasteiger partial charge in [0.2, 0.25) is 0 Å². The maximum atomic E-state index is 12.3. The van der Waals surface area contributed by atoms with Crippen LogP contribution in [0.5, 0.6) is 0 Å². The molecule has 1 fully saturated rings. The molecule has 106 valence electrons. The van der Waals surface area contributed by atoms with Gasteiger partial charge in [-0.2, -0.15) is 0 Å². The fourth-order valence-electron chi connectivity index (χ4n) is 2.07. The number of piperazine rings is 1. The molecule has 7 heteroatoms. The first kappa shape index (κ1) is 14.5. The molecule has 6 nitrogen and oxygen atoms in total. The van der Waals surface area contributed by atoms with Crippen LogP contribution >= 0.6 is 15.9 Å². The summed E-state index contributed by atoms with van der Waals surface area (Å²) < 4.78 is 0.737. The van der Waals surface area contributed by atoms with Gasteiger partial charge in [0.25, 0.3) is 5.91 Å². The smallest absolute Gasteiger partial charge is 0.311 e. The van der Waals surface area contributed by atoms with Gasteiger partial charge in [-0.25, -0.2) is 0 Å². The lowest BCUT2D eigenvalue weighted by molar-refractivity contribution is -0.145. The van der Waals surface area contributed by atoms with Gasteiger partial charge in [0.05, 0.1) is 5.56 Å². The van der Waals surface area contributed by atoms with Gasteiger partial charge < -0.3 is 15.5 Å². The van der Waals surface area contributed by atoms with Crippen LogP contribution in [0, 0.1) is 0 Å². The summed E-state index contributed by atoms with van der Waals surface area (Å²) in [6.07, 6.45) is 0. The molecule has 1 aliphatic heterocycles. The number of benzene rings is 1. The van der Waals surface area contributed by atoms with E-state index in [2.05, 4.69) is 15.9 Å². The van der Waals surface area contributed by atoms with Crippen LogP contribution in [0.15, 0.2) is 28.7 Å². The standard InChI is InChI=1S/C13H14BrN3O3/c14-10-4-2-1-3-9(10)12(19)16-5-7-17(8-6-16)13(20)11(15)18/h1-4H,5-8H2,(H2,15,18). The van der Waals surface area contributed by atoms with Crippen molar-refractivity contribution in [1.82, 2.24) is 9.80 Å². The number of nitrogens with two attached hydrogens (primary N) is 1. The van der Waals surface area contributed by atoms with Crippen molar-refractivity contribution in [2.45, 2.75) is 0 Å². The summed E-state index contributed by atoms with van der Waals surface area (Å²) in [5.74, 6) is -1.75. The van der Waals surface area contributed by atoms with Crippen molar-refractivity contribution >= 4 is 33.7 Å². The van der Waals surface area contributed by atoms with Crippen molar-refractivity contribution in [2.24, 2.45) is 5.73 Å². The molecule has 0 aliphatic carbocycles. The molecule has 0 bridgehead atoms. The summed E-state index contributed by atoms with van der Waals surface area (Å²) in [6.45, 7) is 1.41. The summed E-state index contributed by atoms with van der Waals surface area (Å²) in [5.41, 5.74) is 5.54. The Morgan fingerprint density at radius 3 is 2.10 bits per heavy atom. The summed E-state index contributed by atoms with van der Waals surface area (Å²) in [4.78, 5) is 37.6. The molecule has 0 radical (unpaired) electrons. The van der Waals surface area contributed by atoms with Crippen LogP contribution in [0.3, 0.4) is 0 Å². The van der Waals surface area contributed by atoms with Gasteiger partial charge in [-0.05, 0) is 28.1 Å². The number of carbonyl (C=O) groups is 3. The van der Waals surface area contributed by atoms with Gasteiger partial charge in [0.15, 0.2) is 0 Å². The number of carbonyl (C=O) groups excluding carboxylic acids is 3. The Hall–Kier alpha value is -1.89. The largest absolute Gasteiger partial charge is 0.361 e. The van der Waals surface area contributed by atoms with Crippen molar-refractivity contribution in [2.75, 3.05) is 26.2 Å². The number of amides is 3. The molecule has 20 heavy (non-hydrogen) atoms. The average molecular weight is 340 g/mol. The van der Waals surface area contributed by atoms with E-state index >= 15 is 0 Å². The van der Waals surface area contributed by atoms with Gasteiger partial charge in [-0.15, -0.1) is 0 Å². The Balaban J connectivity index is 2.01. The van der Waals surface area contributed by atoms with Crippen LogP contribution in [0.1, 0.15) is 10.4 Å². The minimum atomic E-state index is -0.962. The minimum Gasteiger partial charge on any atom is -0.361 e. The van der Waals surface area contributed by atoms with Crippen LogP contribution in [-0.4, -0.2) is 53.7 Å². The van der Waals surface area contributed by atoms with E-state index in [0.717, 1.165) is 4.47 Å². The van der Waals surface area contributed by atoms with E-state index in [1.807, 2.05) is 6.07 Å². The Kier molecular flexibility index (Phi) is 4.39. The van der Waals surface area contributed by atoms with E-state index in [4.69, 9.17) is 5.73 Å². The van der Waals surface area contributed by atoms with Crippen LogP contribution in [-0.2, 0) is 9.59 Å². The Morgan fingerprint density at radius 1 is 1.00 bits per heavy atom. The maximum absolute atomic E-state index is 12.3. The molecule has 0 saturated carbocycles. The Bertz CT molecular complexity index is 554. The van der Waals surface area contributed by atoms with E-state index in [9.17, 15) is 14.4 Å². The predicted molar refractivity (Wildman–Crippen MR) is 75.8 cm³/mol. The molecular weight excluding hydrogens is 326 g/mol. The van der Waals surface area contributed by atoms with Gasteiger partial charge >= 0.3 is 11.8 Å². The van der Waals surface area contributed by atoms with Crippen LogP contribution < -0.4 is 5.73 Å². The lowest BCUT2D eigenvalue weighted by Crippen LogP contribution is -2.53. The number of hydrogen-bond donors (Lipinski definition) is 1. The molecule has 0 spiro atoms. The van der Waals surface area contributed by atoms with Crippen molar-refractivity contribution in [3.05, 3.63) is 34.3 Å². The van der Waals surface area contributed by atoms with E-state index in [0.29, 0.717) is 31.7 Å². The highest BCUT2D eigenvalue weighted by molar-refractivity contribution is 9.10. The van der Waals surface area contributed by atoms with Gasteiger partial charge in [0, 0.05) is 30.7 Å². The van der Waals surface area contributed by atoms with E-state index in [1.165, 1.54) is 4.90 Å². The fraction of sp³-hybridized carbons (Fsp3) is 0.308. The molecule has 2 rings (SSSR count). The van der Waals surface area contributed by atoms with E-state index < -0.39 is 11.8 Å². The highest BCUT2D eigenvalue weighted by Gasteiger charge is 2.27. The third kappa shape index (κ3) is 2.98. The number of primary amides is 1. The molecule has 1 aliphatic rings. The normalized spacial score (nSPS) is 15.1. The first-order valence-corrected chi connectivity index (χ1v) is 6.92. The highest BCUT2D eigenvalue weighted by atomic mass is 79.9. The third-order valence-electron chi connectivity index (χ3n) is 3.17. The first-order valence-electron chi connectivity index (χ1n) is 6.13. The zero-order valence-corrected chi connectivity index (χ0v) is 12.3.